The topological polar surface area (TPSA) is 60.8 Å². The van der Waals surface area contributed by atoms with Crippen LogP contribution in [0.2, 0.25) is 0 Å². The largest absolute Gasteiger partial charge is 0.465 e. The zero-order valence-corrected chi connectivity index (χ0v) is 7.31. The van der Waals surface area contributed by atoms with Gasteiger partial charge in [0.05, 0.1) is 12.6 Å². The van der Waals surface area contributed by atoms with Crippen molar-refractivity contribution in [1.82, 2.24) is 4.90 Å². The third-order valence-corrected chi connectivity index (χ3v) is 2.69. The van der Waals surface area contributed by atoms with Crippen LogP contribution in [0.3, 0.4) is 0 Å². The molecule has 1 aliphatic heterocycles. The minimum absolute atomic E-state index is 0.109. The van der Waals surface area contributed by atoms with Gasteiger partial charge in [-0.05, 0) is 24.3 Å². The second kappa shape index (κ2) is 3.03. The number of hydrogen-bond donors (Lipinski definition) is 2. The van der Waals surface area contributed by atoms with Gasteiger partial charge in [-0.25, -0.2) is 4.79 Å². The van der Waals surface area contributed by atoms with E-state index in [-0.39, 0.29) is 12.6 Å². The van der Waals surface area contributed by atoms with Gasteiger partial charge in [0, 0.05) is 6.54 Å². The zero-order valence-electron chi connectivity index (χ0n) is 7.31. The maximum Gasteiger partial charge on any atom is 0.408 e. The van der Waals surface area contributed by atoms with Gasteiger partial charge >= 0.3 is 6.09 Å². The van der Waals surface area contributed by atoms with Gasteiger partial charge in [0.1, 0.15) is 0 Å². The molecule has 1 aliphatic carbocycles. The molecule has 4 nitrogen and oxygen atoms in total. The summed E-state index contributed by atoms with van der Waals surface area (Å²) in [4.78, 5) is 12.0. The molecule has 0 aromatic rings. The van der Waals surface area contributed by atoms with Crippen LogP contribution >= 0.6 is 0 Å². The number of nitrogens with zero attached hydrogens (tertiary/aromatic N) is 1. The van der Waals surface area contributed by atoms with Gasteiger partial charge in [0.2, 0.25) is 0 Å². The van der Waals surface area contributed by atoms with Gasteiger partial charge < -0.3 is 10.2 Å². The molecule has 0 aromatic heterocycles. The maximum absolute atomic E-state index is 10.7. The molecule has 2 N–H and O–H groups in total. The van der Waals surface area contributed by atoms with Crippen LogP contribution in [0.4, 0.5) is 4.79 Å². The molecule has 0 unspecified atom stereocenters. The summed E-state index contributed by atoms with van der Waals surface area (Å²) in [6.07, 6.45) is 3.33. The van der Waals surface area contributed by atoms with Gasteiger partial charge in [-0.1, -0.05) is 6.08 Å². The summed E-state index contributed by atoms with van der Waals surface area (Å²) in [6.45, 7) is 0.383. The number of amides is 1. The average molecular weight is 183 g/mol. The minimum Gasteiger partial charge on any atom is -0.465 e. The first-order valence-electron chi connectivity index (χ1n) is 4.53. The molecule has 1 saturated carbocycles. The van der Waals surface area contributed by atoms with E-state index in [1.807, 2.05) is 6.08 Å². The van der Waals surface area contributed by atoms with E-state index in [1.54, 1.807) is 0 Å². The molecular weight excluding hydrogens is 170 g/mol. The second-order valence-corrected chi connectivity index (χ2v) is 3.68. The third kappa shape index (κ3) is 1.54. The Bertz CT molecular complexity index is 258. The third-order valence-electron chi connectivity index (χ3n) is 2.69. The van der Waals surface area contributed by atoms with Crippen LogP contribution in [0, 0.1) is 5.92 Å². The van der Waals surface area contributed by atoms with Crippen molar-refractivity contribution in [1.29, 1.82) is 0 Å². The van der Waals surface area contributed by atoms with Crippen molar-refractivity contribution in [3.05, 3.63) is 11.6 Å². The van der Waals surface area contributed by atoms with Crippen molar-refractivity contribution < 1.29 is 15.0 Å². The summed E-state index contributed by atoms with van der Waals surface area (Å²) in [6, 6.07) is -0.312. The van der Waals surface area contributed by atoms with E-state index < -0.39 is 6.09 Å². The van der Waals surface area contributed by atoms with E-state index in [2.05, 4.69) is 0 Å². The normalized spacial score (nSPS) is 27.6. The fourth-order valence-corrected chi connectivity index (χ4v) is 1.78. The SMILES string of the molecule is O=C(O)N1CC(C2CC2)=C[C@@H]1CO. The molecule has 0 aromatic carbocycles. The predicted octanol–water partition coefficient (Wildman–Crippen LogP) is 0.677. The summed E-state index contributed by atoms with van der Waals surface area (Å²) < 4.78 is 0. The number of carboxylic acid groups (broad SMARTS) is 1. The molecule has 2 rings (SSSR count). The highest BCUT2D eigenvalue weighted by molar-refractivity contribution is 5.67. The zero-order chi connectivity index (χ0) is 9.42. The molecule has 4 heteroatoms. The lowest BCUT2D eigenvalue weighted by Gasteiger charge is -2.18. The van der Waals surface area contributed by atoms with Gasteiger partial charge in [0.15, 0.2) is 0 Å². The van der Waals surface area contributed by atoms with Gasteiger partial charge in [-0.15, -0.1) is 0 Å². The molecule has 0 spiro atoms. The smallest absolute Gasteiger partial charge is 0.408 e. The summed E-state index contributed by atoms with van der Waals surface area (Å²) >= 11 is 0. The molecule has 1 amide bonds. The molecule has 1 atom stereocenters. The fraction of sp³-hybridized carbons (Fsp3) is 0.667. The standard InChI is InChI=1S/C9H13NO3/c11-5-8-3-7(6-1-2-6)4-10(8)9(12)13/h3,6,8,11H,1-2,4-5H2,(H,12,13)/t8-/m1/s1. The highest BCUT2D eigenvalue weighted by Crippen LogP contribution is 2.39. The van der Waals surface area contributed by atoms with Gasteiger partial charge in [-0.3, -0.25) is 4.90 Å². The monoisotopic (exact) mass is 183 g/mol. The Kier molecular flexibility index (Phi) is 2.00. The fourth-order valence-electron chi connectivity index (χ4n) is 1.78. The second-order valence-electron chi connectivity index (χ2n) is 3.68. The Labute approximate surface area is 76.5 Å². The lowest BCUT2D eigenvalue weighted by molar-refractivity contribution is 0.124. The van der Waals surface area contributed by atoms with Crippen LogP contribution in [0.5, 0.6) is 0 Å². The number of hydrogen-bond acceptors (Lipinski definition) is 2. The van der Waals surface area contributed by atoms with Crippen molar-refractivity contribution >= 4 is 6.09 Å². The van der Waals surface area contributed by atoms with Crippen LogP contribution in [0.1, 0.15) is 12.8 Å². The lowest BCUT2D eigenvalue weighted by atomic mass is 10.1. The molecule has 72 valence electrons. The van der Waals surface area contributed by atoms with E-state index in [1.165, 1.54) is 23.3 Å². The summed E-state index contributed by atoms with van der Waals surface area (Å²) in [5.41, 5.74) is 1.20. The van der Waals surface area contributed by atoms with E-state index >= 15 is 0 Å². The highest BCUT2D eigenvalue weighted by Gasteiger charge is 2.35. The van der Waals surface area contributed by atoms with Crippen molar-refractivity contribution in [2.75, 3.05) is 13.2 Å². The van der Waals surface area contributed by atoms with E-state index in [9.17, 15) is 4.79 Å². The van der Waals surface area contributed by atoms with Crippen molar-refractivity contribution in [2.24, 2.45) is 5.92 Å². The van der Waals surface area contributed by atoms with Crippen LogP contribution in [0.15, 0.2) is 11.6 Å². The summed E-state index contributed by atoms with van der Waals surface area (Å²) in [5.74, 6) is 0.596. The predicted molar refractivity (Wildman–Crippen MR) is 46.4 cm³/mol. The molecule has 0 saturated heterocycles. The van der Waals surface area contributed by atoms with Crippen LogP contribution < -0.4 is 0 Å². The number of aliphatic hydroxyl groups is 1. The average Bonchev–Trinajstić information content (AvgIpc) is 2.84. The summed E-state index contributed by atoms with van der Waals surface area (Å²) in [7, 11) is 0. The minimum atomic E-state index is -0.939. The Hall–Kier alpha value is -1.03. The number of rotatable bonds is 2. The van der Waals surface area contributed by atoms with E-state index in [0.29, 0.717) is 12.5 Å². The molecule has 13 heavy (non-hydrogen) atoms. The number of carbonyl (C=O) groups is 1. The van der Waals surface area contributed by atoms with Crippen LogP contribution in [-0.2, 0) is 0 Å². The molecule has 1 fully saturated rings. The molecule has 0 radical (unpaired) electrons. The quantitative estimate of drug-likeness (QED) is 0.619. The molecule has 1 heterocycles. The molecular formula is C9H13NO3. The first-order chi connectivity index (χ1) is 6.22. The maximum atomic E-state index is 10.7. The molecule has 2 aliphatic rings. The Morgan fingerprint density at radius 1 is 1.62 bits per heavy atom. The first-order valence-corrected chi connectivity index (χ1v) is 4.53. The van der Waals surface area contributed by atoms with Crippen LogP contribution in [-0.4, -0.2) is 40.4 Å². The lowest BCUT2D eigenvalue weighted by Crippen LogP contribution is -2.37. The van der Waals surface area contributed by atoms with Crippen molar-refractivity contribution in [3.63, 3.8) is 0 Å². The Morgan fingerprint density at radius 3 is 2.69 bits per heavy atom. The summed E-state index contributed by atoms with van der Waals surface area (Å²) in [5, 5.41) is 17.8. The highest BCUT2D eigenvalue weighted by atomic mass is 16.4. The van der Waals surface area contributed by atoms with E-state index in [0.717, 1.165) is 0 Å². The van der Waals surface area contributed by atoms with Gasteiger partial charge in [-0.2, -0.15) is 0 Å². The number of aliphatic hydroxyl groups excluding tert-OH is 1. The Balaban J connectivity index is 2.06. The van der Waals surface area contributed by atoms with E-state index in [4.69, 9.17) is 10.2 Å². The van der Waals surface area contributed by atoms with Crippen molar-refractivity contribution in [2.45, 2.75) is 18.9 Å². The van der Waals surface area contributed by atoms with Crippen molar-refractivity contribution in [3.8, 4) is 0 Å². The first kappa shape index (κ1) is 8.56. The van der Waals surface area contributed by atoms with Crippen LogP contribution in [0.25, 0.3) is 0 Å². The molecule has 0 bridgehead atoms. The van der Waals surface area contributed by atoms with Gasteiger partial charge in [0.25, 0.3) is 0 Å². The Morgan fingerprint density at radius 2 is 2.31 bits per heavy atom.